The van der Waals surface area contributed by atoms with E-state index in [0.717, 1.165) is 42.9 Å². The maximum atomic E-state index is 12.9. The minimum atomic E-state index is -3.48. The van der Waals surface area contributed by atoms with Crippen LogP contribution in [0.2, 0.25) is 0 Å². The molecule has 0 bridgehead atoms. The average Bonchev–Trinajstić information content (AvgIpc) is 2.88. The summed E-state index contributed by atoms with van der Waals surface area (Å²) in [5.74, 6) is 2.17. The van der Waals surface area contributed by atoms with E-state index in [0.29, 0.717) is 23.4 Å². The van der Waals surface area contributed by atoms with Crippen LogP contribution in [-0.4, -0.2) is 42.8 Å². The highest BCUT2D eigenvalue weighted by molar-refractivity contribution is 7.92. The number of aromatic nitrogens is 2. The van der Waals surface area contributed by atoms with Crippen molar-refractivity contribution in [3.63, 3.8) is 0 Å². The predicted octanol–water partition coefficient (Wildman–Crippen LogP) is 6.02. The van der Waals surface area contributed by atoms with Crippen molar-refractivity contribution in [1.82, 2.24) is 15.3 Å². The normalized spacial score (nSPS) is 14.6. The number of nitrogens with one attached hydrogen (secondary N) is 3. The van der Waals surface area contributed by atoms with Gasteiger partial charge in [0.1, 0.15) is 11.6 Å². The number of piperidine rings is 1. The Kier molecular flexibility index (Phi) is 8.57. The number of hydrogen-bond donors (Lipinski definition) is 3. The van der Waals surface area contributed by atoms with E-state index in [1.54, 1.807) is 38.2 Å². The molecule has 3 N–H and O–H groups in total. The van der Waals surface area contributed by atoms with Crippen LogP contribution in [0.1, 0.15) is 63.1 Å². The molecule has 38 heavy (non-hydrogen) atoms. The molecule has 8 nitrogen and oxygen atoms in total. The van der Waals surface area contributed by atoms with E-state index in [1.807, 2.05) is 26.8 Å². The molecular formula is C29H39N5O3S. The van der Waals surface area contributed by atoms with Gasteiger partial charge in [0.15, 0.2) is 9.84 Å². The number of hydrogen-bond acceptors (Lipinski definition) is 8. The first kappa shape index (κ1) is 27.9. The van der Waals surface area contributed by atoms with Gasteiger partial charge in [-0.15, -0.1) is 0 Å². The summed E-state index contributed by atoms with van der Waals surface area (Å²) in [6.07, 6.45) is 3.93. The molecule has 0 saturated carbocycles. The number of aryl methyl sites for hydroxylation is 2. The quantitative estimate of drug-likeness (QED) is 0.304. The third kappa shape index (κ3) is 6.27. The van der Waals surface area contributed by atoms with E-state index in [2.05, 4.69) is 40.0 Å². The van der Waals surface area contributed by atoms with Gasteiger partial charge in [-0.3, -0.25) is 0 Å². The van der Waals surface area contributed by atoms with Gasteiger partial charge in [-0.1, -0.05) is 12.1 Å². The molecule has 1 saturated heterocycles. The van der Waals surface area contributed by atoms with Crippen molar-refractivity contribution in [2.45, 2.75) is 76.6 Å². The molecule has 0 spiro atoms. The van der Waals surface area contributed by atoms with Crippen LogP contribution in [0.3, 0.4) is 0 Å². The summed E-state index contributed by atoms with van der Waals surface area (Å²) in [6.45, 7) is 13.4. The lowest BCUT2D eigenvalue weighted by Crippen LogP contribution is -2.27. The van der Waals surface area contributed by atoms with E-state index < -0.39 is 15.1 Å². The summed E-state index contributed by atoms with van der Waals surface area (Å²) in [7, 11) is -3.48. The molecule has 0 radical (unpaired) electrons. The number of ether oxygens (including phenoxy) is 1. The Labute approximate surface area is 226 Å². The van der Waals surface area contributed by atoms with E-state index in [4.69, 9.17) is 9.72 Å². The van der Waals surface area contributed by atoms with Crippen LogP contribution in [0.15, 0.2) is 47.5 Å². The number of para-hydroxylation sites is 1. The summed E-state index contributed by atoms with van der Waals surface area (Å²) in [4.78, 5) is 9.49. The van der Waals surface area contributed by atoms with Gasteiger partial charge in [0.2, 0.25) is 5.95 Å². The van der Waals surface area contributed by atoms with Crippen molar-refractivity contribution in [2.75, 3.05) is 23.7 Å². The molecule has 1 aliphatic rings. The second-order valence-electron chi connectivity index (χ2n) is 10.5. The van der Waals surface area contributed by atoms with Gasteiger partial charge < -0.3 is 20.7 Å². The van der Waals surface area contributed by atoms with Crippen LogP contribution in [0.5, 0.6) is 5.75 Å². The largest absolute Gasteiger partial charge is 0.489 e. The van der Waals surface area contributed by atoms with Gasteiger partial charge in [-0.25, -0.2) is 13.4 Å². The second-order valence-corrected chi connectivity index (χ2v) is 12.9. The van der Waals surface area contributed by atoms with Crippen LogP contribution in [0, 0.1) is 13.8 Å². The van der Waals surface area contributed by atoms with Crippen LogP contribution in [0.25, 0.3) is 0 Å². The number of rotatable bonds is 9. The van der Waals surface area contributed by atoms with Crippen LogP contribution >= 0.6 is 0 Å². The monoisotopic (exact) mass is 537 g/mol. The van der Waals surface area contributed by atoms with Crippen molar-refractivity contribution < 1.29 is 13.2 Å². The van der Waals surface area contributed by atoms with Crippen molar-refractivity contribution in [3.8, 4) is 5.75 Å². The predicted molar refractivity (Wildman–Crippen MR) is 154 cm³/mol. The summed E-state index contributed by atoms with van der Waals surface area (Å²) in [5.41, 5.74) is 4.62. The molecule has 0 aliphatic carbocycles. The van der Waals surface area contributed by atoms with Gasteiger partial charge in [-0.05, 0) is 109 Å². The fourth-order valence-electron chi connectivity index (χ4n) is 4.67. The Morgan fingerprint density at radius 3 is 2.37 bits per heavy atom. The van der Waals surface area contributed by atoms with E-state index in [1.165, 1.54) is 11.1 Å². The van der Waals surface area contributed by atoms with Crippen molar-refractivity contribution in [1.29, 1.82) is 0 Å². The van der Waals surface area contributed by atoms with Crippen molar-refractivity contribution >= 4 is 33.0 Å². The smallest absolute Gasteiger partial charge is 0.229 e. The van der Waals surface area contributed by atoms with Gasteiger partial charge in [0, 0.05) is 11.8 Å². The fraction of sp³-hybridized carbons (Fsp3) is 0.448. The third-order valence-corrected chi connectivity index (χ3v) is 9.01. The Bertz CT molecular complexity index is 1380. The van der Waals surface area contributed by atoms with Crippen LogP contribution in [-0.2, 0) is 9.84 Å². The van der Waals surface area contributed by atoms with Crippen molar-refractivity contribution in [2.24, 2.45) is 0 Å². The van der Waals surface area contributed by atoms with Gasteiger partial charge in [-0.2, -0.15) is 4.98 Å². The molecule has 3 aromatic rings. The topological polar surface area (TPSA) is 105 Å². The maximum absolute atomic E-state index is 12.9. The molecule has 2 heterocycles. The molecular weight excluding hydrogens is 498 g/mol. The number of benzene rings is 2. The molecule has 2 aromatic carbocycles. The zero-order valence-corrected chi connectivity index (χ0v) is 23.9. The molecule has 1 aromatic heterocycles. The van der Waals surface area contributed by atoms with Gasteiger partial charge in [0.05, 0.1) is 27.6 Å². The highest BCUT2D eigenvalue weighted by atomic mass is 32.2. The van der Waals surface area contributed by atoms with Crippen LogP contribution in [0.4, 0.5) is 23.1 Å². The zero-order valence-electron chi connectivity index (χ0n) is 23.1. The fourth-order valence-corrected chi connectivity index (χ4v) is 5.87. The molecule has 0 unspecified atom stereocenters. The van der Waals surface area contributed by atoms with Gasteiger partial charge in [0.25, 0.3) is 0 Å². The zero-order chi connectivity index (χ0) is 27.4. The Hall–Kier alpha value is -3.17. The first-order valence-electron chi connectivity index (χ1n) is 13.3. The van der Waals surface area contributed by atoms with E-state index >= 15 is 0 Å². The highest BCUT2D eigenvalue weighted by Crippen LogP contribution is 2.37. The molecule has 1 aliphatic heterocycles. The molecule has 1 fully saturated rings. The van der Waals surface area contributed by atoms with Crippen molar-refractivity contribution in [3.05, 3.63) is 59.3 Å². The summed E-state index contributed by atoms with van der Waals surface area (Å²) in [5, 5.41) is 9.52. The molecule has 4 rings (SSSR count). The lowest BCUT2D eigenvalue weighted by atomic mass is 9.87. The maximum Gasteiger partial charge on any atom is 0.229 e. The first-order valence-corrected chi connectivity index (χ1v) is 14.8. The number of sulfone groups is 1. The lowest BCUT2D eigenvalue weighted by Gasteiger charge is -2.26. The van der Waals surface area contributed by atoms with Crippen LogP contribution < -0.4 is 20.7 Å². The average molecular weight is 538 g/mol. The number of nitrogens with zero attached hydrogens (tertiary/aromatic N) is 2. The SMILES string of the molecule is Cc1cc(OC(C)C)c(Nc2ncc(C)c(Nc3ccccc3S(=O)(=O)C(C)C)n2)cc1C1CCNCC1. The molecule has 9 heteroatoms. The Morgan fingerprint density at radius 2 is 1.68 bits per heavy atom. The summed E-state index contributed by atoms with van der Waals surface area (Å²) < 4.78 is 32.1. The molecule has 0 amide bonds. The highest BCUT2D eigenvalue weighted by Gasteiger charge is 2.23. The third-order valence-electron chi connectivity index (χ3n) is 6.80. The molecule has 0 atom stereocenters. The Balaban J connectivity index is 1.68. The standard InChI is InChI=1S/C29H39N5O3S/c1-18(2)37-26-15-20(5)23(22-11-13-30-14-12-22)16-25(26)33-29-31-17-21(6)28(34-29)32-24-9-7-8-10-27(24)38(35,36)19(3)4/h7-10,15-19,22,30H,11-14H2,1-6H3,(H2,31,32,33,34). The minimum Gasteiger partial charge on any atom is -0.489 e. The second kappa shape index (κ2) is 11.7. The van der Waals surface area contributed by atoms with E-state index in [-0.39, 0.29) is 11.0 Å². The Morgan fingerprint density at radius 1 is 0.974 bits per heavy atom. The lowest BCUT2D eigenvalue weighted by molar-refractivity contribution is 0.243. The first-order chi connectivity index (χ1) is 18.1. The molecule has 204 valence electrons. The summed E-state index contributed by atoms with van der Waals surface area (Å²) >= 11 is 0. The summed E-state index contributed by atoms with van der Waals surface area (Å²) in [6, 6.07) is 11.2. The number of anilines is 4. The minimum absolute atomic E-state index is 0.00949. The van der Waals surface area contributed by atoms with Gasteiger partial charge >= 0.3 is 0 Å². The van der Waals surface area contributed by atoms with E-state index in [9.17, 15) is 8.42 Å².